The predicted octanol–water partition coefficient (Wildman–Crippen LogP) is 2.37. The van der Waals surface area contributed by atoms with E-state index >= 15 is 0 Å². The minimum absolute atomic E-state index is 0.469. The number of anilines is 1. The summed E-state index contributed by atoms with van der Waals surface area (Å²) in [5.41, 5.74) is 1.08. The maximum absolute atomic E-state index is 5.80. The highest BCUT2D eigenvalue weighted by atomic mass is 35.5. The van der Waals surface area contributed by atoms with Crippen molar-refractivity contribution in [3.63, 3.8) is 0 Å². The molecule has 1 aromatic heterocycles. The zero-order valence-electron chi connectivity index (χ0n) is 8.28. The lowest BCUT2D eigenvalue weighted by molar-refractivity contribution is 0.738. The Morgan fingerprint density at radius 3 is 2.93 bits per heavy atom. The molecule has 0 atom stereocenters. The van der Waals surface area contributed by atoms with Crippen molar-refractivity contribution in [1.82, 2.24) is 10.2 Å². The van der Waals surface area contributed by atoms with E-state index in [1.807, 2.05) is 6.07 Å². The SMILES string of the molecule is CCN(CC1CC1)c1cnnc(Cl)c1. The summed E-state index contributed by atoms with van der Waals surface area (Å²) in [5, 5.41) is 8.07. The van der Waals surface area contributed by atoms with Crippen molar-refractivity contribution in [3.05, 3.63) is 17.4 Å². The van der Waals surface area contributed by atoms with Gasteiger partial charge in [-0.15, -0.1) is 5.10 Å². The van der Waals surface area contributed by atoms with Gasteiger partial charge in [0.2, 0.25) is 0 Å². The summed E-state index contributed by atoms with van der Waals surface area (Å²) >= 11 is 5.80. The van der Waals surface area contributed by atoms with Crippen LogP contribution in [-0.2, 0) is 0 Å². The van der Waals surface area contributed by atoms with E-state index in [0.29, 0.717) is 5.15 Å². The second-order valence-corrected chi connectivity index (χ2v) is 4.11. The van der Waals surface area contributed by atoms with E-state index in [0.717, 1.165) is 24.7 Å². The van der Waals surface area contributed by atoms with Crippen LogP contribution in [0.5, 0.6) is 0 Å². The topological polar surface area (TPSA) is 29.0 Å². The molecule has 14 heavy (non-hydrogen) atoms. The van der Waals surface area contributed by atoms with Crippen LogP contribution >= 0.6 is 11.6 Å². The van der Waals surface area contributed by atoms with Gasteiger partial charge in [0.15, 0.2) is 5.15 Å². The largest absolute Gasteiger partial charge is 0.370 e. The first-order valence-corrected chi connectivity index (χ1v) is 5.40. The second kappa shape index (κ2) is 4.13. The zero-order chi connectivity index (χ0) is 9.97. The number of rotatable bonds is 4. The number of hydrogen-bond donors (Lipinski definition) is 0. The Bertz CT molecular complexity index is 312. The highest BCUT2D eigenvalue weighted by molar-refractivity contribution is 6.29. The maximum atomic E-state index is 5.80. The predicted molar refractivity (Wildman–Crippen MR) is 57.7 cm³/mol. The van der Waals surface area contributed by atoms with Gasteiger partial charge in [-0.25, -0.2) is 0 Å². The molecule has 0 aromatic carbocycles. The van der Waals surface area contributed by atoms with Crippen molar-refractivity contribution < 1.29 is 0 Å². The first-order chi connectivity index (χ1) is 6.79. The van der Waals surface area contributed by atoms with Crippen LogP contribution in [-0.4, -0.2) is 23.3 Å². The summed E-state index contributed by atoms with van der Waals surface area (Å²) in [7, 11) is 0. The van der Waals surface area contributed by atoms with Crippen LogP contribution in [0.4, 0.5) is 5.69 Å². The molecule has 76 valence electrons. The first kappa shape index (κ1) is 9.71. The third-order valence-corrected chi connectivity index (χ3v) is 2.72. The molecule has 0 spiro atoms. The van der Waals surface area contributed by atoms with E-state index in [-0.39, 0.29) is 0 Å². The highest BCUT2D eigenvalue weighted by Crippen LogP contribution is 2.31. The smallest absolute Gasteiger partial charge is 0.153 e. The highest BCUT2D eigenvalue weighted by Gasteiger charge is 2.24. The van der Waals surface area contributed by atoms with Crippen molar-refractivity contribution in [3.8, 4) is 0 Å². The molecule has 0 amide bonds. The Labute approximate surface area is 89.1 Å². The third kappa shape index (κ3) is 2.35. The summed E-state index contributed by atoms with van der Waals surface area (Å²) in [6.07, 6.45) is 4.50. The normalized spacial score (nSPS) is 15.6. The summed E-state index contributed by atoms with van der Waals surface area (Å²) < 4.78 is 0. The van der Waals surface area contributed by atoms with Crippen LogP contribution in [0.15, 0.2) is 12.3 Å². The van der Waals surface area contributed by atoms with E-state index in [1.54, 1.807) is 6.20 Å². The Kier molecular flexibility index (Phi) is 2.87. The zero-order valence-corrected chi connectivity index (χ0v) is 9.04. The third-order valence-electron chi connectivity index (χ3n) is 2.53. The van der Waals surface area contributed by atoms with E-state index in [4.69, 9.17) is 11.6 Å². The fourth-order valence-corrected chi connectivity index (χ4v) is 1.69. The molecular formula is C10H14ClN3. The lowest BCUT2D eigenvalue weighted by Gasteiger charge is -2.22. The van der Waals surface area contributed by atoms with Gasteiger partial charge in [0.05, 0.1) is 11.9 Å². The average molecular weight is 212 g/mol. The lowest BCUT2D eigenvalue weighted by Crippen LogP contribution is -2.25. The second-order valence-electron chi connectivity index (χ2n) is 3.72. The molecule has 0 radical (unpaired) electrons. The number of nitrogens with zero attached hydrogens (tertiary/aromatic N) is 3. The molecule has 1 heterocycles. The van der Waals surface area contributed by atoms with Crippen LogP contribution in [0.3, 0.4) is 0 Å². The lowest BCUT2D eigenvalue weighted by atomic mass is 10.3. The van der Waals surface area contributed by atoms with Crippen molar-refractivity contribution >= 4 is 17.3 Å². The molecule has 0 N–H and O–H groups in total. The molecule has 1 fully saturated rings. The molecule has 3 nitrogen and oxygen atoms in total. The first-order valence-electron chi connectivity index (χ1n) is 5.02. The van der Waals surface area contributed by atoms with Gasteiger partial charge in [0, 0.05) is 19.2 Å². The van der Waals surface area contributed by atoms with E-state index in [2.05, 4.69) is 22.0 Å². The van der Waals surface area contributed by atoms with Crippen molar-refractivity contribution in [2.75, 3.05) is 18.0 Å². The molecule has 1 aliphatic carbocycles. The fraction of sp³-hybridized carbons (Fsp3) is 0.600. The van der Waals surface area contributed by atoms with Crippen LogP contribution in [0.1, 0.15) is 19.8 Å². The van der Waals surface area contributed by atoms with Gasteiger partial charge in [-0.3, -0.25) is 0 Å². The summed E-state index contributed by atoms with van der Waals surface area (Å²) in [6.45, 7) is 4.27. The Morgan fingerprint density at radius 1 is 1.57 bits per heavy atom. The summed E-state index contributed by atoms with van der Waals surface area (Å²) in [4.78, 5) is 2.30. The van der Waals surface area contributed by atoms with Gasteiger partial charge >= 0.3 is 0 Å². The molecule has 2 rings (SSSR count). The monoisotopic (exact) mass is 211 g/mol. The summed E-state index contributed by atoms with van der Waals surface area (Å²) in [5.74, 6) is 0.877. The summed E-state index contributed by atoms with van der Waals surface area (Å²) in [6, 6.07) is 1.88. The van der Waals surface area contributed by atoms with Crippen molar-refractivity contribution in [1.29, 1.82) is 0 Å². The minimum Gasteiger partial charge on any atom is -0.370 e. The molecule has 1 aromatic rings. The van der Waals surface area contributed by atoms with Gasteiger partial charge in [-0.1, -0.05) is 11.6 Å². The molecule has 0 saturated heterocycles. The molecule has 0 unspecified atom stereocenters. The molecule has 4 heteroatoms. The van der Waals surface area contributed by atoms with Crippen LogP contribution in [0.2, 0.25) is 5.15 Å². The van der Waals surface area contributed by atoms with Crippen LogP contribution in [0, 0.1) is 5.92 Å². The van der Waals surface area contributed by atoms with Gasteiger partial charge in [0.1, 0.15) is 0 Å². The van der Waals surface area contributed by atoms with E-state index in [1.165, 1.54) is 12.8 Å². The molecule has 1 saturated carbocycles. The van der Waals surface area contributed by atoms with Crippen LogP contribution in [0.25, 0.3) is 0 Å². The van der Waals surface area contributed by atoms with Gasteiger partial charge < -0.3 is 4.90 Å². The molecule has 0 bridgehead atoms. The van der Waals surface area contributed by atoms with Gasteiger partial charge in [-0.05, 0) is 25.7 Å². The average Bonchev–Trinajstić information content (AvgIpc) is 2.98. The molecular weight excluding hydrogens is 198 g/mol. The van der Waals surface area contributed by atoms with Gasteiger partial charge in [-0.2, -0.15) is 5.10 Å². The molecule has 1 aliphatic rings. The fourth-order valence-electron chi connectivity index (χ4n) is 1.53. The van der Waals surface area contributed by atoms with Crippen LogP contribution < -0.4 is 4.90 Å². The Balaban J connectivity index is 2.08. The Hall–Kier alpha value is -0.830. The minimum atomic E-state index is 0.469. The number of halogens is 1. The van der Waals surface area contributed by atoms with E-state index < -0.39 is 0 Å². The number of hydrogen-bond acceptors (Lipinski definition) is 3. The van der Waals surface area contributed by atoms with E-state index in [9.17, 15) is 0 Å². The van der Waals surface area contributed by atoms with Crippen molar-refractivity contribution in [2.24, 2.45) is 5.92 Å². The van der Waals surface area contributed by atoms with Crippen molar-refractivity contribution in [2.45, 2.75) is 19.8 Å². The molecule has 0 aliphatic heterocycles. The maximum Gasteiger partial charge on any atom is 0.153 e. The Morgan fingerprint density at radius 2 is 2.36 bits per heavy atom. The van der Waals surface area contributed by atoms with Gasteiger partial charge in [0.25, 0.3) is 0 Å². The number of aromatic nitrogens is 2. The quantitative estimate of drug-likeness (QED) is 0.766. The standard InChI is InChI=1S/C10H14ClN3/c1-2-14(7-8-3-4-8)9-5-10(11)13-12-6-9/h5-6,8H,2-4,7H2,1H3.